The summed E-state index contributed by atoms with van der Waals surface area (Å²) in [7, 11) is 1.80. The van der Waals surface area contributed by atoms with E-state index in [1.54, 1.807) is 31.3 Å². The number of carbonyl (C=O) groups excluding carboxylic acids is 1. The van der Waals surface area contributed by atoms with Crippen LogP contribution >= 0.6 is 12.4 Å². The molecule has 0 bridgehead atoms. The van der Waals surface area contributed by atoms with Gasteiger partial charge in [0.25, 0.3) is 0 Å². The first kappa shape index (κ1) is 13.6. The topological polar surface area (TPSA) is 52.9 Å². The molecular formula is C11H13ClN2O. The van der Waals surface area contributed by atoms with E-state index in [4.69, 9.17) is 5.26 Å². The summed E-state index contributed by atoms with van der Waals surface area (Å²) in [4.78, 5) is 11.5. The quantitative estimate of drug-likeness (QED) is 0.794. The van der Waals surface area contributed by atoms with Crippen molar-refractivity contribution in [2.75, 3.05) is 13.6 Å². The van der Waals surface area contributed by atoms with Crippen LogP contribution in [-0.2, 0) is 0 Å². The zero-order chi connectivity index (χ0) is 10.4. The molecule has 0 radical (unpaired) electrons. The molecule has 3 nitrogen and oxygen atoms in total. The number of nitriles is 1. The van der Waals surface area contributed by atoms with Crippen LogP contribution < -0.4 is 5.32 Å². The lowest BCUT2D eigenvalue weighted by atomic mass is 10.1. The molecule has 0 saturated heterocycles. The highest BCUT2D eigenvalue weighted by molar-refractivity contribution is 5.96. The van der Waals surface area contributed by atoms with E-state index in [1.165, 1.54) is 0 Å². The molecule has 4 heteroatoms. The highest BCUT2D eigenvalue weighted by atomic mass is 35.5. The maximum absolute atomic E-state index is 11.5. The summed E-state index contributed by atoms with van der Waals surface area (Å²) in [6.45, 7) is 0.662. The van der Waals surface area contributed by atoms with Crippen LogP contribution in [-0.4, -0.2) is 19.4 Å². The zero-order valence-corrected chi connectivity index (χ0v) is 9.30. The third kappa shape index (κ3) is 4.11. The second-order valence-electron chi connectivity index (χ2n) is 2.97. The molecule has 15 heavy (non-hydrogen) atoms. The Labute approximate surface area is 95.5 Å². The average molecular weight is 225 g/mol. The smallest absolute Gasteiger partial charge is 0.164 e. The molecule has 1 N–H and O–H groups in total. The van der Waals surface area contributed by atoms with E-state index in [0.717, 1.165) is 0 Å². The monoisotopic (exact) mass is 224 g/mol. The van der Waals surface area contributed by atoms with Gasteiger partial charge >= 0.3 is 0 Å². The molecule has 0 fully saturated rings. The van der Waals surface area contributed by atoms with E-state index < -0.39 is 0 Å². The molecule has 0 spiro atoms. The number of Topliss-reactive ketones (excluding diaryl/α,β-unsaturated/α-hetero) is 1. The number of carbonyl (C=O) groups is 1. The first-order valence-electron chi connectivity index (χ1n) is 4.46. The standard InChI is InChI=1S/C11H12N2O.ClH/c1-13-6-5-11(14)10-4-2-3-9(7-10)8-12;/h2-4,7,13H,5-6H2,1H3;1H. The Hall–Kier alpha value is -1.37. The van der Waals surface area contributed by atoms with Crippen LogP contribution in [0.5, 0.6) is 0 Å². The summed E-state index contributed by atoms with van der Waals surface area (Å²) >= 11 is 0. The van der Waals surface area contributed by atoms with E-state index in [2.05, 4.69) is 5.32 Å². The Morgan fingerprint density at radius 1 is 1.53 bits per heavy atom. The van der Waals surface area contributed by atoms with E-state index in [1.807, 2.05) is 6.07 Å². The van der Waals surface area contributed by atoms with Gasteiger partial charge in [0.2, 0.25) is 0 Å². The fourth-order valence-electron chi connectivity index (χ4n) is 1.15. The third-order valence-electron chi connectivity index (χ3n) is 1.92. The van der Waals surface area contributed by atoms with Crippen LogP contribution in [0.4, 0.5) is 0 Å². The molecule has 0 unspecified atom stereocenters. The summed E-state index contributed by atoms with van der Waals surface area (Å²) < 4.78 is 0. The number of halogens is 1. The minimum absolute atomic E-state index is 0. The fourth-order valence-corrected chi connectivity index (χ4v) is 1.15. The molecule has 0 aliphatic rings. The van der Waals surface area contributed by atoms with Gasteiger partial charge in [-0.05, 0) is 19.2 Å². The lowest BCUT2D eigenvalue weighted by Gasteiger charge is -2.00. The summed E-state index contributed by atoms with van der Waals surface area (Å²) in [6.07, 6.45) is 0.464. The second kappa shape index (κ2) is 6.99. The van der Waals surface area contributed by atoms with Crippen LogP contribution in [0.25, 0.3) is 0 Å². The summed E-state index contributed by atoms with van der Waals surface area (Å²) in [5.41, 5.74) is 1.14. The van der Waals surface area contributed by atoms with E-state index in [-0.39, 0.29) is 18.2 Å². The van der Waals surface area contributed by atoms with Gasteiger partial charge in [0.15, 0.2) is 5.78 Å². The van der Waals surface area contributed by atoms with Crippen molar-refractivity contribution in [3.63, 3.8) is 0 Å². The van der Waals surface area contributed by atoms with Crippen LogP contribution in [0.15, 0.2) is 24.3 Å². The summed E-state index contributed by atoms with van der Waals surface area (Å²) in [6, 6.07) is 8.79. The van der Waals surface area contributed by atoms with E-state index in [0.29, 0.717) is 24.1 Å². The lowest BCUT2D eigenvalue weighted by Crippen LogP contribution is -2.13. The van der Waals surface area contributed by atoms with E-state index in [9.17, 15) is 4.79 Å². The Kier molecular flexibility index (Phi) is 6.35. The number of hydrogen-bond acceptors (Lipinski definition) is 3. The van der Waals surface area contributed by atoms with Crippen LogP contribution in [0, 0.1) is 11.3 Å². The van der Waals surface area contributed by atoms with E-state index >= 15 is 0 Å². The molecule has 1 aromatic rings. The van der Waals surface area contributed by atoms with Crippen molar-refractivity contribution in [2.45, 2.75) is 6.42 Å². The predicted molar refractivity (Wildman–Crippen MR) is 61.3 cm³/mol. The highest BCUT2D eigenvalue weighted by Gasteiger charge is 2.04. The van der Waals surface area contributed by atoms with Crippen LogP contribution in [0.2, 0.25) is 0 Å². The van der Waals surface area contributed by atoms with Crippen LogP contribution in [0.1, 0.15) is 22.3 Å². The van der Waals surface area contributed by atoms with Gasteiger partial charge in [-0.2, -0.15) is 5.26 Å². The van der Waals surface area contributed by atoms with Crippen molar-refractivity contribution >= 4 is 18.2 Å². The normalized spacial score (nSPS) is 8.80. The van der Waals surface area contributed by atoms with Gasteiger partial charge in [0.1, 0.15) is 0 Å². The van der Waals surface area contributed by atoms with Gasteiger partial charge in [-0.1, -0.05) is 12.1 Å². The SMILES string of the molecule is CNCCC(=O)c1cccc(C#N)c1.Cl. The Bertz CT molecular complexity index is 371. The molecule has 0 aliphatic heterocycles. The Balaban J connectivity index is 0.00000196. The number of benzene rings is 1. The number of hydrogen-bond donors (Lipinski definition) is 1. The predicted octanol–water partition coefficient (Wildman–Crippen LogP) is 1.77. The van der Waals surface area contributed by atoms with Crippen molar-refractivity contribution in [3.8, 4) is 6.07 Å². The van der Waals surface area contributed by atoms with Crippen molar-refractivity contribution in [3.05, 3.63) is 35.4 Å². The number of rotatable bonds is 4. The second-order valence-corrected chi connectivity index (χ2v) is 2.97. The van der Waals surface area contributed by atoms with Gasteiger partial charge < -0.3 is 5.32 Å². The highest BCUT2D eigenvalue weighted by Crippen LogP contribution is 2.06. The lowest BCUT2D eigenvalue weighted by molar-refractivity contribution is 0.0983. The van der Waals surface area contributed by atoms with Gasteiger partial charge in [-0.3, -0.25) is 4.79 Å². The molecule has 1 rings (SSSR count). The molecule has 80 valence electrons. The van der Waals surface area contributed by atoms with Crippen molar-refractivity contribution in [2.24, 2.45) is 0 Å². The minimum Gasteiger partial charge on any atom is -0.319 e. The minimum atomic E-state index is 0. The number of nitrogens with zero attached hydrogens (tertiary/aromatic N) is 1. The van der Waals surface area contributed by atoms with Gasteiger partial charge in [-0.25, -0.2) is 0 Å². The Morgan fingerprint density at radius 3 is 2.87 bits per heavy atom. The van der Waals surface area contributed by atoms with Gasteiger partial charge in [-0.15, -0.1) is 12.4 Å². The first-order chi connectivity index (χ1) is 6.77. The molecule has 0 atom stereocenters. The van der Waals surface area contributed by atoms with Gasteiger partial charge in [0.05, 0.1) is 11.6 Å². The molecule has 0 aliphatic carbocycles. The average Bonchev–Trinajstić information content (AvgIpc) is 2.26. The molecular weight excluding hydrogens is 212 g/mol. The van der Waals surface area contributed by atoms with Crippen LogP contribution in [0.3, 0.4) is 0 Å². The molecule has 0 heterocycles. The largest absolute Gasteiger partial charge is 0.319 e. The van der Waals surface area contributed by atoms with Gasteiger partial charge in [0, 0.05) is 18.5 Å². The Morgan fingerprint density at radius 2 is 2.27 bits per heavy atom. The third-order valence-corrected chi connectivity index (χ3v) is 1.92. The zero-order valence-electron chi connectivity index (χ0n) is 8.49. The first-order valence-corrected chi connectivity index (χ1v) is 4.46. The fraction of sp³-hybridized carbons (Fsp3) is 0.273. The maximum Gasteiger partial charge on any atom is 0.164 e. The molecule has 1 aromatic carbocycles. The summed E-state index contributed by atoms with van der Waals surface area (Å²) in [5, 5.41) is 11.6. The number of ketones is 1. The summed E-state index contributed by atoms with van der Waals surface area (Å²) in [5.74, 6) is 0.0662. The van der Waals surface area contributed by atoms with Crippen molar-refractivity contribution in [1.29, 1.82) is 5.26 Å². The molecule has 0 saturated carbocycles. The maximum atomic E-state index is 11.5. The molecule has 0 aromatic heterocycles. The molecule has 0 amide bonds. The number of nitrogens with one attached hydrogen (secondary N) is 1. The van der Waals surface area contributed by atoms with Crippen molar-refractivity contribution in [1.82, 2.24) is 5.32 Å². The van der Waals surface area contributed by atoms with Crippen molar-refractivity contribution < 1.29 is 4.79 Å².